The van der Waals surface area contributed by atoms with Crippen molar-refractivity contribution in [2.75, 3.05) is 0 Å². The number of para-hydroxylation sites is 2. The van der Waals surface area contributed by atoms with Gasteiger partial charge in [-0.2, -0.15) is 5.10 Å². The van der Waals surface area contributed by atoms with Gasteiger partial charge < -0.3 is 4.57 Å². The number of hydrogen-bond acceptors (Lipinski definition) is 3. The number of aryl methyl sites for hydroxylation is 1. The van der Waals surface area contributed by atoms with Crippen LogP contribution < -0.4 is 5.43 Å². The van der Waals surface area contributed by atoms with Crippen LogP contribution in [0.2, 0.25) is 5.02 Å². The quantitative estimate of drug-likeness (QED) is 0.583. The smallest absolute Gasteiger partial charge is 0.260 e. The molecule has 0 aliphatic carbocycles. The van der Waals surface area contributed by atoms with Gasteiger partial charge in [0.1, 0.15) is 12.4 Å². The Morgan fingerprint density at radius 2 is 2.04 bits per heavy atom. The monoisotopic (exact) mass is 340 g/mol. The van der Waals surface area contributed by atoms with E-state index in [-0.39, 0.29) is 12.5 Å². The maximum absolute atomic E-state index is 12.2. The minimum absolute atomic E-state index is 0.165. The Balaban J connectivity index is 1.73. The number of amides is 1. The Bertz CT molecular complexity index is 930. The van der Waals surface area contributed by atoms with E-state index < -0.39 is 0 Å². The number of nitrogens with zero attached hydrogens (tertiary/aromatic N) is 3. The molecule has 3 aromatic rings. The fourth-order valence-electron chi connectivity index (χ4n) is 2.50. The van der Waals surface area contributed by atoms with Gasteiger partial charge in [0, 0.05) is 5.02 Å². The molecule has 0 aliphatic heterocycles. The number of imidazole rings is 1. The molecule has 5 nitrogen and oxygen atoms in total. The van der Waals surface area contributed by atoms with Crippen LogP contribution in [-0.4, -0.2) is 21.2 Å². The second-order valence-corrected chi connectivity index (χ2v) is 5.91. The van der Waals surface area contributed by atoms with Gasteiger partial charge in [0.15, 0.2) is 0 Å². The van der Waals surface area contributed by atoms with E-state index >= 15 is 0 Å². The fourth-order valence-corrected chi connectivity index (χ4v) is 2.69. The molecule has 0 saturated heterocycles. The minimum atomic E-state index is -0.206. The summed E-state index contributed by atoms with van der Waals surface area (Å²) in [5, 5.41) is 4.78. The van der Waals surface area contributed by atoms with Crippen molar-refractivity contribution < 1.29 is 4.79 Å². The second kappa shape index (κ2) is 6.84. The summed E-state index contributed by atoms with van der Waals surface area (Å²) in [4.78, 5) is 16.7. The third kappa shape index (κ3) is 3.46. The number of nitrogens with one attached hydrogen (secondary N) is 1. The van der Waals surface area contributed by atoms with E-state index in [1.807, 2.05) is 54.8 Å². The number of benzene rings is 2. The highest BCUT2D eigenvalue weighted by atomic mass is 35.5. The third-order valence-electron chi connectivity index (χ3n) is 3.74. The van der Waals surface area contributed by atoms with Crippen LogP contribution in [0.3, 0.4) is 0 Å². The molecular formula is C18H17ClN4O. The van der Waals surface area contributed by atoms with Crippen LogP contribution in [0.15, 0.2) is 53.6 Å². The molecule has 0 radical (unpaired) electrons. The van der Waals surface area contributed by atoms with Crippen molar-refractivity contribution in [1.82, 2.24) is 15.0 Å². The van der Waals surface area contributed by atoms with Crippen molar-refractivity contribution in [1.29, 1.82) is 0 Å². The largest absolute Gasteiger partial charge is 0.319 e. The fraction of sp³-hybridized carbons (Fsp3) is 0.167. The zero-order valence-electron chi connectivity index (χ0n) is 13.5. The lowest BCUT2D eigenvalue weighted by Gasteiger charge is -2.06. The molecule has 0 unspecified atom stereocenters. The molecule has 3 rings (SSSR count). The van der Waals surface area contributed by atoms with Gasteiger partial charge in [0.05, 0.1) is 16.7 Å². The van der Waals surface area contributed by atoms with Gasteiger partial charge in [0.2, 0.25) is 0 Å². The van der Waals surface area contributed by atoms with Gasteiger partial charge in [-0.25, -0.2) is 10.4 Å². The molecule has 0 aliphatic rings. The minimum Gasteiger partial charge on any atom is -0.319 e. The maximum Gasteiger partial charge on any atom is 0.260 e. The van der Waals surface area contributed by atoms with Crippen molar-refractivity contribution in [3.05, 3.63) is 64.9 Å². The van der Waals surface area contributed by atoms with Crippen LogP contribution in [0.5, 0.6) is 0 Å². The van der Waals surface area contributed by atoms with Gasteiger partial charge in [-0.05, 0) is 43.7 Å². The number of aromatic nitrogens is 2. The Morgan fingerprint density at radius 1 is 1.25 bits per heavy atom. The van der Waals surface area contributed by atoms with Crippen LogP contribution in [0.4, 0.5) is 0 Å². The van der Waals surface area contributed by atoms with E-state index in [9.17, 15) is 4.79 Å². The first-order valence-corrected chi connectivity index (χ1v) is 7.93. The summed E-state index contributed by atoms with van der Waals surface area (Å²) >= 11 is 5.97. The summed E-state index contributed by atoms with van der Waals surface area (Å²) in [5.74, 6) is 0.588. The molecule has 2 aromatic carbocycles. The summed E-state index contributed by atoms with van der Waals surface area (Å²) in [6.07, 6.45) is 0. The number of hydrazone groups is 1. The van der Waals surface area contributed by atoms with Crippen LogP contribution in [-0.2, 0) is 11.3 Å². The Kier molecular flexibility index (Phi) is 4.62. The number of halogens is 1. The number of hydrogen-bond donors (Lipinski definition) is 1. The van der Waals surface area contributed by atoms with Crippen molar-refractivity contribution in [3.63, 3.8) is 0 Å². The second-order valence-electron chi connectivity index (χ2n) is 5.48. The molecule has 24 heavy (non-hydrogen) atoms. The van der Waals surface area contributed by atoms with Gasteiger partial charge in [-0.1, -0.05) is 35.9 Å². The maximum atomic E-state index is 12.2. The van der Waals surface area contributed by atoms with Crippen molar-refractivity contribution in [2.24, 2.45) is 5.10 Å². The molecule has 1 amide bonds. The first kappa shape index (κ1) is 16.2. The molecule has 122 valence electrons. The van der Waals surface area contributed by atoms with E-state index in [4.69, 9.17) is 11.6 Å². The molecule has 0 spiro atoms. The molecule has 0 bridgehead atoms. The zero-order valence-corrected chi connectivity index (χ0v) is 14.2. The predicted octanol–water partition coefficient (Wildman–Crippen LogP) is 3.54. The lowest BCUT2D eigenvalue weighted by molar-refractivity contribution is -0.121. The van der Waals surface area contributed by atoms with E-state index in [1.54, 1.807) is 12.1 Å². The first-order chi connectivity index (χ1) is 11.5. The summed E-state index contributed by atoms with van der Waals surface area (Å²) in [6, 6.07) is 15.1. The number of carbonyl (C=O) groups is 1. The SMILES string of the molecule is C/C(=N\NC(=O)Cn1c(C)nc2ccccc21)c1cccc(Cl)c1. The molecule has 0 saturated carbocycles. The summed E-state index contributed by atoms with van der Waals surface area (Å²) < 4.78 is 1.87. The lowest BCUT2D eigenvalue weighted by Crippen LogP contribution is -2.24. The summed E-state index contributed by atoms with van der Waals surface area (Å²) in [5.41, 5.74) is 5.96. The number of carbonyl (C=O) groups excluding carboxylic acids is 1. The van der Waals surface area contributed by atoms with Crippen LogP contribution in [0.1, 0.15) is 18.3 Å². The normalized spacial score (nSPS) is 11.7. The van der Waals surface area contributed by atoms with E-state index in [0.717, 1.165) is 22.4 Å². The average molecular weight is 341 g/mol. The highest BCUT2D eigenvalue weighted by molar-refractivity contribution is 6.31. The molecule has 6 heteroatoms. The number of fused-ring (bicyclic) bond motifs is 1. The molecule has 0 fully saturated rings. The van der Waals surface area contributed by atoms with E-state index in [0.29, 0.717) is 10.7 Å². The summed E-state index contributed by atoms with van der Waals surface area (Å²) in [6.45, 7) is 3.87. The van der Waals surface area contributed by atoms with Crippen molar-refractivity contribution >= 4 is 34.3 Å². The highest BCUT2D eigenvalue weighted by Crippen LogP contribution is 2.15. The first-order valence-electron chi connectivity index (χ1n) is 7.55. The standard InChI is InChI=1S/C18H17ClN4O/c1-12(14-6-5-7-15(19)10-14)21-22-18(24)11-23-13(2)20-16-8-3-4-9-17(16)23/h3-10H,11H2,1-2H3,(H,22,24)/b21-12+. The van der Waals surface area contributed by atoms with Gasteiger partial charge in [-0.3, -0.25) is 4.79 Å². The van der Waals surface area contributed by atoms with Crippen LogP contribution >= 0.6 is 11.6 Å². The third-order valence-corrected chi connectivity index (χ3v) is 3.97. The van der Waals surface area contributed by atoms with Gasteiger partial charge in [0.25, 0.3) is 5.91 Å². The molecule has 1 N–H and O–H groups in total. The van der Waals surface area contributed by atoms with E-state index in [2.05, 4.69) is 15.5 Å². The lowest BCUT2D eigenvalue weighted by atomic mass is 10.1. The van der Waals surface area contributed by atoms with Gasteiger partial charge in [-0.15, -0.1) is 0 Å². The van der Waals surface area contributed by atoms with Crippen molar-refractivity contribution in [3.8, 4) is 0 Å². The average Bonchev–Trinajstić information content (AvgIpc) is 2.88. The molecule has 1 heterocycles. The molecule has 1 aromatic heterocycles. The number of rotatable bonds is 4. The van der Waals surface area contributed by atoms with Gasteiger partial charge >= 0.3 is 0 Å². The zero-order chi connectivity index (χ0) is 17.1. The van der Waals surface area contributed by atoms with Crippen LogP contribution in [0, 0.1) is 6.92 Å². The Hall–Kier alpha value is -2.66. The van der Waals surface area contributed by atoms with E-state index in [1.165, 1.54) is 0 Å². The molecule has 0 atom stereocenters. The Labute approximate surface area is 145 Å². The van der Waals surface area contributed by atoms with Crippen molar-refractivity contribution in [2.45, 2.75) is 20.4 Å². The summed E-state index contributed by atoms with van der Waals surface area (Å²) in [7, 11) is 0. The topological polar surface area (TPSA) is 59.3 Å². The predicted molar refractivity (Wildman–Crippen MR) is 96.3 cm³/mol. The van der Waals surface area contributed by atoms with Crippen LogP contribution in [0.25, 0.3) is 11.0 Å². The Morgan fingerprint density at radius 3 is 2.83 bits per heavy atom. The highest BCUT2D eigenvalue weighted by Gasteiger charge is 2.10. The molecular weight excluding hydrogens is 324 g/mol.